The van der Waals surface area contributed by atoms with E-state index in [1.165, 1.54) is 37.7 Å². The average molecular weight is 290 g/mol. The Morgan fingerprint density at radius 2 is 1.67 bits per heavy atom. The number of aryl methyl sites for hydroxylation is 1. The van der Waals surface area contributed by atoms with Crippen molar-refractivity contribution in [1.82, 2.24) is 9.97 Å². The Hall–Kier alpha value is -1.32. The van der Waals surface area contributed by atoms with E-state index in [1.54, 1.807) is 0 Å². The number of hydrogen-bond donors (Lipinski definition) is 1. The molecular weight excluding hydrogens is 260 g/mol. The lowest BCUT2D eigenvalue weighted by Gasteiger charge is -2.28. The minimum Gasteiger partial charge on any atom is -0.370 e. The third-order valence-corrected chi connectivity index (χ3v) is 4.14. The van der Waals surface area contributed by atoms with Crippen molar-refractivity contribution < 1.29 is 0 Å². The van der Waals surface area contributed by atoms with Crippen LogP contribution in [-0.4, -0.2) is 29.6 Å². The molecule has 0 aliphatic carbocycles. The maximum atomic E-state index is 4.88. The normalized spacial score (nSPS) is 16.4. The van der Waals surface area contributed by atoms with E-state index >= 15 is 0 Å². The van der Waals surface area contributed by atoms with Crippen LogP contribution in [0.5, 0.6) is 0 Å². The second-order valence-corrected chi connectivity index (χ2v) is 5.97. The van der Waals surface area contributed by atoms with Gasteiger partial charge in [0.15, 0.2) is 0 Å². The number of rotatable bonds is 5. The van der Waals surface area contributed by atoms with E-state index in [1.807, 2.05) is 0 Å². The van der Waals surface area contributed by atoms with E-state index in [0.717, 1.165) is 49.9 Å². The summed E-state index contributed by atoms with van der Waals surface area (Å²) < 4.78 is 0. The predicted octanol–water partition coefficient (Wildman–Crippen LogP) is 3.94. The van der Waals surface area contributed by atoms with Gasteiger partial charge in [0, 0.05) is 31.6 Å². The van der Waals surface area contributed by atoms with Crippen molar-refractivity contribution in [2.24, 2.45) is 0 Å². The molecule has 0 saturated carbocycles. The van der Waals surface area contributed by atoms with Crippen LogP contribution in [0, 0.1) is 6.92 Å². The quantitative estimate of drug-likeness (QED) is 0.892. The molecule has 0 bridgehead atoms. The summed E-state index contributed by atoms with van der Waals surface area (Å²) in [5.41, 5.74) is 1.21. The lowest BCUT2D eigenvalue weighted by molar-refractivity contribution is 0.552. The summed E-state index contributed by atoms with van der Waals surface area (Å²) in [6, 6.07) is 0. The van der Waals surface area contributed by atoms with Gasteiger partial charge in [-0.25, -0.2) is 9.97 Å². The molecule has 1 aliphatic rings. The van der Waals surface area contributed by atoms with Crippen LogP contribution < -0.4 is 10.2 Å². The van der Waals surface area contributed by atoms with Gasteiger partial charge in [0.25, 0.3) is 0 Å². The largest absolute Gasteiger partial charge is 0.370 e. The first-order valence-corrected chi connectivity index (χ1v) is 8.62. The number of nitrogens with one attached hydrogen (secondary N) is 1. The first-order valence-electron chi connectivity index (χ1n) is 8.62. The molecule has 0 unspecified atom stereocenters. The van der Waals surface area contributed by atoms with Gasteiger partial charge in [0.1, 0.15) is 17.5 Å². The molecule has 4 nitrogen and oxygen atoms in total. The van der Waals surface area contributed by atoms with Gasteiger partial charge in [-0.1, -0.05) is 26.2 Å². The van der Waals surface area contributed by atoms with Crippen LogP contribution in [0.25, 0.3) is 0 Å². The van der Waals surface area contributed by atoms with Crippen molar-refractivity contribution in [1.29, 1.82) is 0 Å². The molecule has 1 aromatic rings. The Kier molecular flexibility index (Phi) is 6.27. The molecule has 21 heavy (non-hydrogen) atoms. The zero-order chi connectivity index (χ0) is 15.1. The van der Waals surface area contributed by atoms with Crippen molar-refractivity contribution in [3.05, 3.63) is 11.4 Å². The highest BCUT2D eigenvalue weighted by Gasteiger charge is 2.17. The van der Waals surface area contributed by atoms with Crippen LogP contribution >= 0.6 is 0 Å². The lowest BCUT2D eigenvalue weighted by atomic mass is 10.1. The summed E-state index contributed by atoms with van der Waals surface area (Å²) in [5.74, 6) is 3.16. The van der Waals surface area contributed by atoms with E-state index in [-0.39, 0.29) is 0 Å². The minimum atomic E-state index is 0.906. The Morgan fingerprint density at radius 1 is 1.00 bits per heavy atom. The van der Waals surface area contributed by atoms with Crippen molar-refractivity contribution >= 4 is 11.6 Å². The molecule has 2 rings (SSSR count). The molecule has 1 N–H and O–H groups in total. The van der Waals surface area contributed by atoms with E-state index in [9.17, 15) is 0 Å². The minimum absolute atomic E-state index is 0.906. The standard InChI is InChI=1S/C17H30N4/c1-4-11-15-19-16(18-5-2)14(3)17(20-15)21-12-9-7-6-8-10-13-21/h4-13H2,1-3H3,(H,18,19,20). The van der Waals surface area contributed by atoms with Gasteiger partial charge in [-0.3, -0.25) is 0 Å². The molecule has 0 amide bonds. The van der Waals surface area contributed by atoms with Crippen molar-refractivity contribution in [2.75, 3.05) is 29.9 Å². The van der Waals surface area contributed by atoms with Crippen molar-refractivity contribution in [2.45, 2.75) is 65.7 Å². The van der Waals surface area contributed by atoms with Gasteiger partial charge in [-0.2, -0.15) is 0 Å². The summed E-state index contributed by atoms with van der Waals surface area (Å²) in [5, 5.41) is 3.40. The summed E-state index contributed by atoms with van der Waals surface area (Å²) in [6.45, 7) is 9.64. The molecule has 1 fully saturated rings. The molecule has 1 aliphatic heterocycles. The summed E-state index contributed by atoms with van der Waals surface area (Å²) in [4.78, 5) is 12.1. The highest BCUT2D eigenvalue weighted by Crippen LogP contribution is 2.26. The molecule has 2 heterocycles. The first-order chi connectivity index (χ1) is 10.3. The maximum Gasteiger partial charge on any atom is 0.137 e. The number of anilines is 2. The first kappa shape index (κ1) is 16.1. The van der Waals surface area contributed by atoms with Crippen LogP contribution in [0.4, 0.5) is 11.6 Å². The van der Waals surface area contributed by atoms with Gasteiger partial charge < -0.3 is 10.2 Å². The molecular formula is C17H30N4. The van der Waals surface area contributed by atoms with E-state index < -0.39 is 0 Å². The lowest BCUT2D eigenvalue weighted by Crippen LogP contribution is -2.29. The fourth-order valence-electron chi connectivity index (χ4n) is 2.99. The second-order valence-electron chi connectivity index (χ2n) is 5.97. The van der Waals surface area contributed by atoms with E-state index in [2.05, 4.69) is 31.0 Å². The van der Waals surface area contributed by atoms with Gasteiger partial charge in [-0.15, -0.1) is 0 Å². The number of nitrogens with zero attached hydrogens (tertiary/aromatic N) is 3. The highest BCUT2D eigenvalue weighted by molar-refractivity contribution is 5.58. The van der Waals surface area contributed by atoms with Crippen LogP contribution in [0.3, 0.4) is 0 Å². The van der Waals surface area contributed by atoms with E-state index in [0.29, 0.717) is 0 Å². The Labute approximate surface area is 129 Å². The predicted molar refractivity (Wildman–Crippen MR) is 90.2 cm³/mol. The SMILES string of the molecule is CCCc1nc(NCC)c(C)c(N2CCCCCCC2)n1. The van der Waals surface area contributed by atoms with Crippen molar-refractivity contribution in [3.8, 4) is 0 Å². The second kappa shape index (κ2) is 8.20. The fraction of sp³-hybridized carbons (Fsp3) is 0.765. The van der Waals surface area contributed by atoms with Crippen LogP contribution in [0.15, 0.2) is 0 Å². The fourth-order valence-corrected chi connectivity index (χ4v) is 2.99. The third-order valence-electron chi connectivity index (χ3n) is 4.14. The zero-order valence-corrected chi connectivity index (χ0v) is 13.9. The number of aromatic nitrogens is 2. The third kappa shape index (κ3) is 4.32. The average Bonchev–Trinajstić information content (AvgIpc) is 2.43. The van der Waals surface area contributed by atoms with Gasteiger partial charge in [0.2, 0.25) is 0 Å². The molecule has 0 radical (unpaired) electrons. The zero-order valence-electron chi connectivity index (χ0n) is 13.9. The smallest absolute Gasteiger partial charge is 0.137 e. The summed E-state index contributed by atoms with van der Waals surface area (Å²) in [7, 11) is 0. The molecule has 4 heteroatoms. The summed E-state index contributed by atoms with van der Waals surface area (Å²) in [6.07, 6.45) is 8.70. The molecule has 0 aromatic carbocycles. The Bertz CT molecular complexity index is 437. The maximum absolute atomic E-state index is 4.88. The van der Waals surface area contributed by atoms with Crippen LogP contribution in [-0.2, 0) is 6.42 Å². The van der Waals surface area contributed by atoms with Gasteiger partial charge in [-0.05, 0) is 33.1 Å². The molecule has 0 spiro atoms. The molecule has 1 saturated heterocycles. The van der Waals surface area contributed by atoms with Crippen LogP contribution in [0.2, 0.25) is 0 Å². The summed E-state index contributed by atoms with van der Waals surface area (Å²) >= 11 is 0. The Balaban J connectivity index is 2.29. The van der Waals surface area contributed by atoms with Gasteiger partial charge >= 0.3 is 0 Å². The van der Waals surface area contributed by atoms with Gasteiger partial charge in [0.05, 0.1) is 0 Å². The Morgan fingerprint density at radius 3 is 2.29 bits per heavy atom. The topological polar surface area (TPSA) is 41.1 Å². The molecule has 1 aromatic heterocycles. The monoisotopic (exact) mass is 290 g/mol. The molecule has 0 atom stereocenters. The van der Waals surface area contributed by atoms with Crippen molar-refractivity contribution in [3.63, 3.8) is 0 Å². The highest BCUT2D eigenvalue weighted by atomic mass is 15.2. The molecule has 118 valence electrons. The van der Waals surface area contributed by atoms with E-state index in [4.69, 9.17) is 9.97 Å². The van der Waals surface area contributed by atoms with Crippen LogP contribution in [0.1, 0.15) is 63.8 Å². The number of hydrogen-bond acceptors (Lipinski definition) is 4.